The quantitative estimate of drug-likeness (QED) is 0.780. The molecule has 2 N–H and O–H groups in total. The maximum Gasteiger partial charge on any atom is 0.255 e. The molecular formula is C18H26N2O5. The van der Waals surface area contributed by atoms with Gasteiger partial charge in [-0.05, 0) is 24.8 Å². The molecule has 0 aromatic carbocycles. The normalized spacial score (nSPS) is 21.8. The molecule has 1 aromatic heterocycles. The number of ketones is 1. The highest BCUT2D eigenvalue weighted by atomic mass is 16.5. The summed E-state index contributed by atoms with van der Waals surface area (Å²) in [6, 6.07) is 0.106. The van der Waals surface area contributed by atoms with Crippen LogP contribution in [0.5, 0.6) is 0 Å². The van der Waals surface area contributed by atoms with Crippen molar-refractivity contribution in [3.8, 4) is 0 Å². The third-order valence-electron chi connectivity index (χ3n) is 4.72. The summed E-state index contributed by atoms with van der Waals surface area (Å²) in [6.45, 7) is 7.83. The largest absolute Gasteiger partial charge is 0.472 e. The van der Waals surface area contributed by atoms with Crippen LogP contribution in [-0.2, 0) is 14.3 Å². The van der Waals surface area contributed by atoms with Crippen LogP contribution in [0.25, 0.3) is 0 Å². The molecule has 2 amide bonds. The standard InChI is InChI=1S/C18H26N2O5/c1-5-18(3,4)8-13(19-16(22)12-6-7-24-9-12)17(23)20-15-11(2)25-10-14(15)21/h6-7,9,11,13,15H,5,8,10H2,1-4H3,(H,19,22)(H,20,23)/t11-,13?,15-/m0/s1. The van der Waals surface area contributed by atoms with Gasteiger partial charge in [-0.1, -0.05) is 27.2 Å². The fraction of sp³-hybridized carbons (Fsp3) is 0.611. The van der Waals surface area contributed by atoms with Crippen LogP contribution in [0.2, 0.25) is 0 Å². The Morgan fingerprint density at radius 3 is 2.64 bits per heavy atom. The first-order chi connectivity index (χ1) is 11.7. The van der Waals surface area contributed by atoms with Crippen LogP contribution >= 0.6 is 0 Å². The van der Waals surface area contributed by atoms with Crippen LogP contribution in [0.15, 0.2) is 23.0 Å². The van der Waals surface area contributed by atoms with Crippen LogP contribution in [0.3, 0.4) is 0 Å². The van der Waals surface area contributed by atoms with Gasteiger partial charge in [0.25, 0.3) is 5.91 Å². The monoisotopic (exact) mass is 350 g/mol. The molecule has 0 saturated carbocycles. The Kier molecular flexibility index (Phi) is 6.00. The zero-order valence-corrected chi connectivity index (χ0v) is 15.1. The first kappa shape index (κ1) is 19.2. The van der Waals surface area contributed by atoms with Gasteiger partial charge in [0.05, 0.1) is 17.9 Å². The summed E-state index contributed by atoms with van der Waals surface area (Å²) >= 11 is 0. The second-order valence-corrected chi connectivity index (χ2v) is 7.23. The Morgan fingerprint density at radius 2 is 2.12 bits per heavy atom. The first-order valence-electron chi connectivity index (χ1n) is 8.51. The van der Waals surface area contributed by atoms with E-state index < -0.39 is 12.1 Å². The molecule has 0 radical (unpaired) electrons. The number of carbonyl (C=O) groups excluding carboxylic acids is 3. The molecule has 3 atom stereocenters. The van der Waals surface area contributed by atoms with E-state index in [0.29, 0.717) is 12.0 Å². The number of carbonyl (C=O) groups is 3. The average Bonchev–Trinajstić information content (AvgIpc) is 3.19. The van der Waals surface area contributed by atoms with E-state index in [-0.39, 0.29) is 35.7 Å². The van der Waals surface area contributed by atoms with Crippen molar-refractivity contribution in [2.75, 3.05) is 6.61 Å². The second-order valence-electron chi connectivity index (χ2n) is 7.23. The summed E-state index contributed by atoms with van der Waals surface area (Å²) in [6.07, 6.45) is 3.65. The van der Waals surface area contributed by atoms with Gasteiger partial charge in [0, 0.05) is 0 Å². The Labute approximate surface area is 147 Å². The van der Waals surface area contributed by atoms with Gasteiger partial charge in [-0.2, -0.15) is 0 Å². The topological polar surface area (TPSA) is 97.6 Å². The summed E-state index contributed by atoms with van der Waals surface area (Å²) in [5.41, 5.74) is 0.203. The molecular weight excluding hydrogens is 324 g/mol. The van der Waals surface area contributed by atoms with Gasteiger partial charge in [0.15, 0.2) is 5.78 Å². The van der Waals surface area contributed by atoms with E-state index in [1.807, 2.05) is 20.8 Å². The van der Waals surface area contributed by atoms with Crippen molar-refractivity contribution in [2.24, 2.45) is 5.41 Å². The summed E-state index contributed by atoms with van der Waals surface area (Å²) in [4.78, 5) is 36.9. The van der Waals surface area contributed by atoms with E-state index in [9.17, 15) is 14.4 Å². The minimum absolute atomic E-state index is 0.00138. The molecule has 1 aromatic rings. The number of ether oxygens (including phenoxy) is 1. The molecule has 7 nitrogen and oxygen atoms in total. The molecule has 1 unspecified atom stereocenters. The van der Waals surface area contributed by atoms with Crippen LogP contribution in [-0.4, -0.2) is 42.4 Å². The Bertz CT molecular complexity index is 623. The fourth-order valence-electron chi connectivity index (χ4n) is 2.65. The zero-order chi connectivity index (χ0) is 18.6. The average molecular weight is 350 g/mol. The van der Waals surface area contributed by atoms with E-state index in [0.717, 1.165) is 6.42 Å². The Balaban J connectivity index is 2.11. The molecule has 2 heterocycles. The lowest BCUT2D eigenvalue weighted by Crippen LogP contribution is -2.54. The summed E-state index contributed by atoms with van der Waals surface area (Å²) in [5, 5.41) is 5.47. The number of hydrogen-bond acceptors (Lipinski definition) is 5. The lowest BCUT2D eigenvalue weighted by atomic mass is 9.83. The molecule has 25 heavy (non-hydrogen) atoms. The van der Waals surface area contributed by atoms with Crippen molar-refractivity contribution < 1.29 is 23.5 Å². The highest BCUT2D eigenvalue weighted by Gasteiger charge is 2.37. The minimum atomic E-state index is -0.752. The van der Waals surface area contributed by atoms with Crippen LogP contribution in [0.4, 0.5) is 0 Å². The fourth-order valence-corrected chi connectivity index (χ4v) is 2.65. The number of Topliss-reactive ketones (excluding diaryl/α,β-unsaturated/α-hetero) is 1. The lowest BCUT2D eigenvalue weighted by Gasteiger charge is -2.29. The van der Waals surface area contributed by atoms with Gasteiger partial charge in [0.2, 0.25) is 5.91 Å². The molecule has 7 heteroatoms. The molecule has 1 aliphatic heterocycles. The van der Waals surface area contributed by atoms with Crippen molar-refractivity contribution in [1.82, 2.24) is 10.6 Å². The van der Waals surface area contributed by atoms with E-state index in [2.05, 4.69) is 10.6 Å². The number of hydrogen-bond donors (Lipinski definition) is 2. The Morgan fingerprint density at radius 1 is 1.40 bits per heavy atom. The summed E-state index contributed by atoms with van der Waals surface area (Å²) < 4.78 is 10.2. The maximum absolute atomic E-state index is 12.7. The molecule has 138 valence electrons. The minimum Gasteiger partial charge on any atom is -0.472 e. The number of nitrogens with one attached hydrogen (secondary N) is 2. The molecule has 0 bridgehead atoms. The van der Waals surface area contributed by atoms with Crippen molar-refractivity contribution in [3.05, 3.63) is 24.2 Å². The van der Waals surface area contributed by atoms with E-state index in [1.165, 1.54) is 18.6 Å². The molecule has 1 aliphatic rings. The lowest BCUT2D eigenvalue weighted by molar-refractivity contribution is -0.128. The smallest absolute Gasteiger partial charge is 0.255 e. The predicted octanol–water partition coefficient (Wildman–Crippen LogP) is 1.68. The second kappa shape index (κ2) is 7.82. The zero-order valence-electron chi connectivity index (χ0n) is 15.1. The Hall–Kier alpha value is -2.15. The van der Waals surface area contributed by atoms with Crippen LogP contribution in [0, 0.1) is 5.41 Å². The van der Waals surface area contributed by atoms with Gasteiger partial charge in [-0.25, -0.2) is 0 Å². The first-order valence-corrected chi connectivity index (χ1v) is 8.51. The maximum atomic E-state index is 12.7. The molecule has 1 saturated heterocycles. The highest BCUT2D eigenvalue weighted by Crippen LogP contribution is 2.26. The van der Waals surface area contributed by atoms with Gasteiger partial charge in [0.1, 0.15) is 25.0 Å². The van der Waals surface area contributed by atoms with Crippen LogP contribution < -0.4 is 10.6 Å². The van der Waals surface area contributed by atoms with Crippen molar-refractivity contribution in [1.29, 1.82) is 0 Å². The molecule has 0 aliphatic carbocycles. The number of amides is 2. The van der Waals surface area contributed by atoms with Gasteiger partial charge >= 0.3 is 0 Å². The van der Waals surface area contributed by atoms with Crippen molar-refractivity contribution in [3.63, 3.8) is 0 Å². The van der Waals surface area contributed by atoms with Crippen molar-refractivity contribution >= 4 is 17.6 Å². The predicted molar refractivity (Wildman–Crippen MR) is 91.0 cm³/mol. The molecule has 0 spiro atoms. The van der Waals surface area contributed by atoms with E-state index in [4.69, 9.17) is 9.15 Å². The summed E-state index contributed by atoms with van der Waals surface area (Å²) in [7, 11) is 0. The highest BCUT2D eigenvalue weighted by molar-refractivity contribution is 5.98. The number of furan rings is 1. The molecule has 2 rings (SSSR count). The molecule has 1 fully saturated rings. The van der Waals surface area contributed by atoms with Crippen LogP contribution in [0.1, 0.15) is 50.9 Å². The van der Waals surface area contributed by atoms with Gasteiger partial charge < -0.3 is 19.8 Å². The van der Waals surface area contributed by atoms with Crippen molar-refractivity contribution in [2.45, 2.75) is 58.7 Å². The van der Waals surface area contributed by atoms with E-state index in [1.54, 1.807) is 6.92 Å². The third-order valence-corrected chi connectivity index (χ3v) is 4.72. The summed E-state index contributed by atoms with van der Waals surface area (Å²) in [5.74, 6) is -0.924. The SMILES string of the molecule is CCC(C)(C)CC(NC(=O)c1ccoc1)C(=O)N[C@@H]1C(=O)CO[C@H]1C. The number of rotatable bonds is 7. The van der Waals surface area contributed by atoms with Gasteiger partial charge in [-0.3, -0.25) is 14.4 Å². The van der Waals surface area contributed by atoms with E-state index >= 15 is 0 Å². The third kappa shape index (κ3) is 4.92. The van der Waals surface area contributed by atoms with Gasteiger partial charge in [-0.15, -0.1) is 0 Å².